The largest absolute Gasteiger partial charge is 0.487 e. The van der Waals surface area contributed by atoms with Crippen LogP contribution in [0.1, 0.15) is 26.2 Å². The van der Waals surface area contributed by atoms with Crippen molar-refractivity contribution in [1.29, 1.82) is 0 Å². The van der Waals surface area contributed by atoms with Crippen molar-refractivity contribution >= 4 is 41.5 Å². The summed E-state index contributed by atoms with van der Waals surface area (Å²) < 4.78 is 11.7. The highest BCUT2D eigenvalue weighted by atomic mass is 127. The number of nitrogens with zero attached hydrogens (tertiary/aromatic N) is 2. The maximum atomic E-state index is 6.20. The number of para-hydroxylation sites is 1. The average Bonchev–Trinajstić information content (AvgIpc) is 3.26. The van der Waals surface area contributed by atoms with Gasteiger partial charge in [0.25, 0.3) is 0 Å². The molecule has 1 spiro atoms. The second-order valence-electron chi connectivity index (χ2n) is 6.98. The molecular weight excluding hydrogens is 465 g/mol. The number of nitrogens with one attached hydrogen (secondary N) is 1. The lowest BCUT2D eigenvalue weighted by Crippen LogP contribution is -2.45. The van der Waals surface area contributed by atoms with Gasteiger partial charge in [0.2, 0.25) is 0 Å². The summed E-state index contributed by atoms with van der Waals surface area (Å²) in [6, 6.07) is 7.60. The molecule has 0 aliphatic carbocycles. The molecule has 1 aromatic carbocycles. The van der Waals surface area contributed by atoms with Crippen molar-refractivity contribution in [3.8, 4) is 5.75 Å². The summed E-state index contributed by atoms with van der Waals surface area (Å²) in [7, 11) is 1.84. The molecule has 0 radical (unpaired) electrons. The lowest BCUT2D eigenvalue weighted by atomic mass is 9.87. The van der Waals surface area contributed by atoms with Crippen LogP contribution in [0, 0.1) is 5.41 Å². The average molecular weight is 494 g/mol. The van der Waals surface area contributed by atoms with Crippen LogP contribution in [0.15, 0.2) is 29.3 Å². The Balaban J connectivity index is 0.00000243. The number of ether oxygens (including phenoxy) is 2. The lowest BCUT2D eigenvalue weighted by molar-refractivity contribution is 0.156. The first-order valence-electron chi connectivity index (χ1n) is 9.10. The van der Waals surface area contributed by atoms with Crippen molar-refractivity contribution < 1.29 is 9.47 Å². The number of halogens is 2. The third-order valence-electron chi connectivity index (χ3n) is 5.21. The van der Waals surface area contributed by atoms with Crippen LogP contribution < -0.4 is 10.1 Å². The van der Waals surface area contributed by atoms with Gasteiger partial charge in [-0.3, -0.25) is 4.99 Å². The van der Waals surface area contributed by atoms with Gasteiger partial charge in [0.15, 0.2) is 5.96 Å². The topological polar surface area (TPSA) is 46.1 Å². The van der Waals surface area contributed by atoms with Crippen molar-refractivity contribution in [2.24, 2.45) is 10.4 Å². The van der Waals surface area contributed by atoms with Crippen LogP contribution in [0.5, 0.6) is 5.75 Å². The van der Waals surface area contributed by atoms with E-state index in [1.165, 1.54) is 6.42 Å². The highest BCUT2D eigenvalue weighted by Crippen LogP contribution is 2.38. The lowest BCUT2D eigenvalue weighted by Gasteiger charge is -2.26. The number of benzene rings is 1. The Labute approximate surface area is 178 Å². The zero-order chi connectivity index (χ0) is 17.7. The highest BCUT2D eigenvalue weighted by Gasteiger charge is 2.42. The van der Waals surface area contributed by atoms with Gasteiger partial charge >= 0.3 is 0 Å². The van der Waals surface area contributed by atoms with E-state index in [9.17, 15) is 0 Å². The molecule has 3 rings (SSSR count). The molecule has 0 saturated carbocycles. The van der Waals surface area contributed by atoms with Crippen molar-refractivity contribution in [3.05, 3.63) is 29.3 Å². The predicted octanol–water partition coefficient (Wildman–Crippen LogP) is 3.80. The Morgan fingerprint density at radius 3 is 2.88 bits per heavy atom. The zero-order valence-corrected chi connectivity index (χ0v) is 18.6. The minimum atomic E-state index is 0. The molecule has 26 heavy (non-hydrogen) atoms. The van der Waals surface area contributed by atoms with Crippen LogP contribution in [0.4, 0.5) is 0 Å². The standard InChI is InChI=1S/C19H28ClN3O2.HI/c1-3-15(25-17-7-5-4-6-16(17)20)12-22-18(21-2)23-10-8-19(13-23)9-11-24-14-19;/h4-7,15H,3,8-14H2,1-2H3,(H,21,22);1H. The SMILES string of the molecule is CCC(CNC(=NC)N1CCC2(CCOC2)C1)Oc1ccccc1Cl.I. The summed E-state index contributed by atoms with van der Waals surface area (Å²) in [5, 5.41) is 4.12. The molecule has 1 aromatic rings. The molecule has 1 N–H and O–H groups in total. The molecule has 2 saturated heterocycles. The van der Waals surface area contributed by atoms with Crippen molar-refractivity contribution in [1.82, 2.24) is 10.2 Å². The van der Waals surface area contributed by atoms with Gasteiger partial charge in [0, 0.05) is 32.2 Å². The highest BCUT2D eigenvalue weighted by molar-refractivity contribution is 14.0. The summed E-state index contributed by atoms with van der Waals surface area (Å²) in [4.78, 5) is 6.81. The maximum absolute atomic E-state index is 6.20. The van der Waals surface area contributed by atoms with Gasteiger partial charge in [-0.25, -0.2) is 0 Å². The van der Waals surface area contributed by atoms with Crippen molar-refractivity contribution in [2.75, 3.05) is 39.9 Å². The van der Waals surface area contributed by atoms with E-state index in [4.69, 9.17) is 21.1 Å². The van der Waals surface area contributed by atoms with E-state index >= 15 is 0 Å². The molecule has 2 unspecified atom stereocenters. The van der Waals surface area contributed by atoms with E-state index < -0.39 is 0 Å². The summed E-state index contributed by atoms with van der Waals surface area (Å²) in [5.41, 5.74) is 0.329. The molecule has 2 aliphatic rings. The first-order chi connectivity index (χ1) is 12.2. The van der Waals surface area contributed by atoms with Gasteiger partial charge in [-0.1, -0.05) is 30.7 Å². The van der Waals surface area contributed by atoms with Crippen LogP contribution in [-0.2, 0) is 4.74 Å². The Morgan fingerprint density at radius 1 is 1.42 bits per heavy atom. The Hall–Kier alpha value is -0.730. The summed E-state index contributed by atoms with van der Waals surface area (Å²) >= 11 is 6.20. The quantitative estimate of drug-likeness (QED) is 0.385. The Morgan fingerprint density at radius 2 is 2.23 bits per heavy atom. The molecule has 146 valence electrons. The van der Waals surface area contributed by atoms with Crippen molar-refractivity contribution in [3.63, 3.8) is 0 Å². The third-order valence-corrected chi connectivity index (χ3v) is 5.52. The molecular formula is C19H29ClIN3O2. The molecule has 7 heteroatoms. The molecule has 2 heterocycles. The number of aliphatic imine (C=N–C) groups is 1. The van der Waals surface area contributed by atoms with Crippen LogP contribution in [0.3, 0.4) is 0 Å². The van der Waals surface area contributed by atoms with Gasteiger partial charge in [-0.15, -0.1) is 24.0 Å². The summed E-state index contributed by atoms with van der Waals surface area (Å²) in [6.45, 7) is 6.65. The molecule has 0 aromatic heterocycles. The van der Waals surface area contributed by atoms with Gasteiger partial charge in [0.05, 0.1) is 18.2 Å². The molecule has 5 nitrogen and oxygen atoms in total. The van der Waals surface area contributed by atoms with Crippen LogP contribution >= 0.6 is 35.6 Å². The van der Waals surface area contributed by atoms with E-state index in [2.05, 4.69) is 22.1 Å². The van der Waals surface area contributed by atoms with Gasteiger partial charge in [0.1, 0.15) is 11.9 Å². The van der Waals surface area contributed by atoms with Crippen LogP contribution in [0.2, 0.25) is 5.02 Å². The number of guanidine groups is 1. The number of hydrogen-bond donors (Lipinski definition) is 1. The first-order valence-corrected chi connectivity index (χ1v) is 9.48. The smallest absolute Gasteiger partial charge is 0.193 e. The first kappa shape index (κ1) is 21.6. The van der Waals surface area contributed by atoms with Gasteiger partial charge in [-0.2, -0.15) is 0 Å². The monoisotopic (exact) mass is 493 g/mol. The van der Waals surface area contributed by atoms with E-state index in [1.807, 2.05) is 31.3 Å². The molecule has 0 amide bonds. The van der Waals surface area contributed by atoms with Gasteiger partial charge < -0.3 is 19.7 Å². The zero-order valence-electron chi connectivity index (χ0n) is 15.5. The van der Waals surface area contributed by atoms with Crippen LogP contribution in [0.25, 0.3) is 0 Å². The fourth-order valence-electron chi connectivity index (χ4n) is 3.61. The number of hydrogen-bond acceptors (Lipinski definition) is 3. The van der Waals surface area contributed by atoms with E-state index in [-0.39, 0.29) is 30.1 Å². The van der Waals surface area contributed by atoms with Crippen LogP contribution in [-0.4, -0.2) is 56.9 Å². The van der Waals surface area contributed by atoms with Gasteiger partial charge in [-0.05, 0) is 31.4 Å². The van der Waals surface area contributed by atoms with E-state index in [0.717, 1.165) is 50.9 Å². The molecule has 2 fully saturated rings. The van der Waals surface area contributed by atoms with E-state index in [1.54, 1.807) is 0 Å². The maximum Gasteiger partial charge on any atom is 0.193 e. The second-order valence-corrected chi connectivity index (χ2v) is 7.39. The Bertz CT molecular complexity index is 608. The third kappa shape index (κ3) is 5.16. The summed E-state index contributed by atoms with van der Waals surface area (Å²) in [5.74, 6) is 1.68. The number of rotatable bonds is 5. The second kappa shape index (κ2) is 9.99. The predicted molar refractivity (Wildman–Crippen MR) is 117 cm³/mol. The minimum absolute atomic E-state index is 0. The Kier molecular flexibility index (Phi) is 8.29. The fourth-order valence-corrected chi connectivity index (χ4v) is 3.79. The van der Waals surface area contributed by atoms with E-state index in [0.29, 0.717) is 17.0 Å². The van der Waals surface area contributed by atoms with Crippen molar-refractivity contribution in [2.45, 2.75) is 32.3 Å². The normalized spacial score (nSPS) is 23.8. The fraction of sp³-hybridized carbons (Fsp3) is 0.632. The molecule has 2 atom stereocenters. The summed E-state index contributed by atoms with van der Waals surface area (Å²) in [6.07, 6.45) is 3.28. The minimum Gasteiger partial charge on any atom is -0.487 e. The molecule has 2 aliphatic heterocycles. The number of likely N-dealkylation sites (tertiary alicyclic amines) is 1. The molecule has 0 bridgehead atoms.